The largest absolute Gasteiger partial charge is 0.490 e. The number of hydrogen-bond donors (Lipinski definition) is 0. The predicted octanol–water partition coefficient (Wildman–Crippen LogP) is 7.35. The highest BCUT2D eigenvalue weighted by Crippen LogP contribution is 2.40. The summed E-state index contributed by atoms with van der Waals surface area (Å²) in [4.78, 5) is 26.7. The minimum atomic E-state index is -0.433. The van der Waals surface area contributed by atoms with Crippen LogP contribution in [-0.4, -0.2) is 22.7 Å². The summed E-state index contributed by atoms with van der Waals surface area (Å²) in [5.41, 5.74) is 2.03. The van der Waals surface area contributed by atoms with Crippen molar-refractivity contribution in [1.29, 1.82) is 0 Å². The lowest BCUT2D eigenvalue weighted by Gasteiger charge is -2.15. The number of ether oxygens (including phenoxy) is 2. The lowest BCUT2D eigenvalue weighted by molar-refractivity contribution is -0.123. The second-order valence-corrected chi connectivity index (χ2v) is 9.34. The summed E-state index contributed by atoms with van der Waals surface area (Å²) in [5, 5.41) is 0.468. The number of amides is 2. The van der Waals surface area contributed by atoms with Crippen LogP contribution in [0.4, 0.5) is 9.18 Å². The maximum Gasteiger partial charge on any atom is 0.293 e. The fourth-order valence-electron chi connectivity index (χ4n) is 3.40. The topological polar surface area (TPSA) is 55.8 Å². The van der Waals surface area contributed by atoms with Crippen molar-refractivity contribution in [2.24, 2.45) is 0 Å². The van der Waals surface area contributed by atoms with E-state index in [9.17, 15) is 14.0 Å². The molecule has 0 radical (unpaired) electrons. The van der Waals surface area contributed by atoms with Crippen LogP contribution in [0.25, 0.3) is 6.08 Å². The Morgan fingerprint density at radius 1 is 1.00 bits per heavy atom. The van der Waals surface area contributed by atoms with E-state index in [1.54, 1.807) is 24.3 Å². The van der Waals surface area contributed by atoms with Crippen molar-refractivity contribution in [3.8, 4) is 11.5 Å². The third-order valence-corrected chi connectivity index (χ3v) is 6.64. The molecule has 3 aromatic rings. The van der Waals surface area contributed by atoms with Crippen LogP contribution in [-0.2, 0) is 17.9 Å². The van der Waals surface area contributed by atoms with Gasteiger partial charge in [-0.2, -0.15) is 0 Å². The Bertz CT molecular complexity index is 1300. The molecule has 1 heterocycles. The summed E-state index contributed by atoms with van der Waals surface area (Å²) < 4.78 is 24.8. The molecule has 0 spiro atoms. The molecule has 3 aromatic carbocycles. The Kier molecular flexibility index (Phi) is 8.00. The Morgan fingerprint density at radius 3 is 2.46 bits per heavy atom. The number of nitrogens with zero attached hydrogens (tertiary/aromatic N) is 1. The first-order chi connectivity index (χ1) is 16.9. The van der Waals surface area contributed by atoms with Crippen LogP contribution >= 0.6 is 35.0 Å². The average molecular weight is 532 g/mol. The van der Waals surface area contributed by atoms with Crippen molar-refractivity contribution in [2.45, 2.75) is 20.1 Å². The molecule has 4 rings (SSSR count). The SMILES string of the molecule is CCOc1cc(/C=C2\SC(=O)N(Cc3ccc(F)cc3)C2=O)cc(Cl)c1OCc1ccccc1Cl. The molecule has 0 aliphatic carbocycles. The van der Waals surface area contributed by atoms with Gasteiger partial charge in [-0.1, -0.05) is 53.5 Å². The van der Waals surface area contributed by atoms with Crippen LogP contribution in [0, 0.1) is 5.82 Å². The number of carbonyl (C=O) groups is 2. The molecule has 0 unspecified atom stereocenters. The van der Waals surface area contributed by atoms with Gasteiger partial charge in [0.15, 0.2) is 11.5 Å². The van der Waals surface area contributed by atoms with Gasteiger partial charge in [0, 0.05) is 10.6 Å². The first kappa shape index (κ1) is 25.1. The Labute approximate surface area is 216 Å². The summed E-state index contributed by atoms with van der Waals surface area (Å²) in [6, 6.07) is 16.3. The van der Waals surface area contributed by atoms with Gasteiger partial charge in [0.2, 0.25) is 0 Å². The molecule has 1 saturated heterocycles. The van der Waals surface area contributed by atoms with Gasteiger partial charge < -0.3 is 9.47 Å². The zero-order valence-corrected chi connectivity index (χ0v) is 20.9. The smallest absolute Gasteiger partial charge is 0.293 e. The number of imide groups is 1. The molecule has 9 heteroatoms. The average Bonchev–Trinajstić information content (AvgIpc) is 3.08. The minimum Gasteiger partial charge on any atom is -0.490 e. The van der Waals surface area contributed by atoms with Crippen molar-refractivity contribution in [3.05, 3.63) is 98.1 Å². The van der Waals surface area contributed by atoms with E-state index >= 15 is 0 Å². The highest BCUT2D eigenvalue weighted by molar-refractivity contribution is 8.18. The van der Waals surface area contributed by atoms with E-state index in [0.29, 0.717) is 39.3 Å². The van der Waals surface area contributed by atoms with Crippen molar-refractivity contribution < 1.29 is 23.5 Å². The molecule has 1 aliphatic rings. The number of carbonyl (C=O) groups excluding carboxylic acids is 2. The molecule has 1 fully saturated rings. The fourth-order valence-corrected chi connectivity index (χ4v) is 4.70. The number of rotatable bonds is 8. The van der Waals surface area contributed by atoms with Crippen LogP contribution < -0.4 is 9.47 Å². The maximum absolute atomic E-state index is 13.2. The van der Waals surface area contributed by atoms with Crippen LogP contribution in [0.5, 0.6) is 11.5 Å². The number of halogens is 3. The highest BCUT2D eigenvalue weighted by atomic mass is 35.5. The summed E-state index contributed by atoms with van der Waals surface area (Å²) in [6.45, 7) is 2.46. The Morgan fingerprint density at radius 2 is 1.74 bits per heavy atom. The molecular weight excluding hydrogens is 512 g/mol. The van der Waals surface area contributed by atoms with Gasteiger partial charge in [0.25, 0.3) is 11.1 Å². The van der Waals surface area contributed by atoms with Crippen molar-refractivity contribution >= 4 is 52.2 Å². The van der Waals surface area contributed by atoms with Crippen LogP contribution in [0.15, 0.2) is 65.6 Å². The second-order valence-electron chi connectivity index (χ2n) is 7.54. The third-order valence-electron chi connectivity index (χ3n) is 5.09. The molecule has 180 valence electrons. The van der Waals surface area contributed by atoms with Gasteiger partial charge in [-0.15, -0.1) is 0 Å². The second kappa shape index (κ2) is 11.2. The van der Waals surface area contributed by atoms with E-state index < -0.39 is 11.1 Å². The summed E-state index contributed by atoms with van der Waals surface area (Å²) in [6.07, 6.45) is 1.59. The first-order valence-corrected chi connectivity index (χ1v) is 12.2. The minimum absolute atomic E-state index is 0.0576. The number of benzene rings is 3. The molecule has 0 N–H and O–H groups in total. The zero-order chi connectivity index (χ0) is 24.9. The molecule has 35 heavy (non-hydrogen) atoms. The van der Waals surface area contributed by atoms with Crippen molar-refractivity contribution in [1.82, 2.24) is 4.90 Å². The molecule has 5 nitrogen and oxygen atoms in total. The van der Waals surface area contributed by atoms with E-state index in [0.717, 1.165) is 22.2 Å². The summed E-state index contributed by atoms with van der Waals surface area (Å²) in [7, 11) is 0. The molecule has 0 aromatic heterocycles. The summed E-state index contributed by atoms with van der Waals surface area (Å²) >= 11 is 13.6. The van der Waals surface area contributed by atoms with Crippen LogP contribution in [0.1, 0.15) is 23.6 Å². The van der Waals surface area contributed by atoms with E-state index in [1.165, 1.54) is 24.3 Å². The normalized spacial score (nSPS) is 14.6. The molecule has 0 bridgehead atoms. The Balaban J connectivity index is 1.55. The van der Waals surface area contributed by atoms with Crippen molar-refractivity contribution in [2.75, 3.05) is 6.61 Å². The van der Waals surface area contributed by atoms with Gasteiger partial charge in [0.05, 0.1) is 23.1 Å². The molecule has 2 amide bonds. The number of thioether (sulfide) groups is 1. The lowest BCUT2D eigenvalue weighted by atomic mass is 10.1. The first-order valence-electron chi connectivity index (χ1n) is 10.7. The van der Waals surface area contributed by atoms with Gasteiger partial charge in [-0.05, 0) is 66.2 Å². The van der Waals surface area contributed by atoms with Gasteiger partial charge in [-0.3, -0.25) is 14.5 Å². The van der Waals surface area contributed by atoms with Crippen LogP contribution in [0.2, 0.25) is 10.0 Å². The monoisotopic (exact) mass is 531 g/mol. The van der Waals surface area contributed by atoms with Crippen LogP contribution in [0.3, 0.4) is 0 Å². The molecule has 0 saturated carbocycles. The van der Waals surface area contributed by atoms with Gasteiger partial charge in [-0.25, -0.2) is 4.39 Å². The maximum atomic E-state index is 13.2. The highest BCUT2D eigenvalue weighted by Gasteiger charge is 2.35. The van der Waals surface area contributed by atoms with E-state index in [-0.39, 0.29) is 23.9 Å². The lowest BCUT2D eigenvalue weighted by Crippen LogP contribution is -2.27. The number of hydrogen-bond acceptors (Lipinski definition) is 5. The standard InChI is InChI=1S/C26H20Cl2FNO4S/c1-2-33-22-12-17(11-21(28)24(22)34-15-18-5-3-4-6-20(18)27)13-23-25(31)30(26(32)35-23)14-16-7-9-19(29)10-8-16/h3-13H,2,14-15H2,1H3/b23-13-. The Hall–Kier alpha value is -3.00. The predicted molar refractivity (Wildman–Crippen MR) is 136 cm³/mol. The fraction of sp³-hybridized carbons (Fsp3) is 0.154. The molecule has 1 aliphatic heterocycles. The molecular formula is C26H20Cl2FNO4S. The zero-order valence-electron chi connectivity index (χ0n) is 18.6. The summed E-state index contributed by atoms with van der Waals surface area (Å²) in [5.74, 6) is -0.0552. The van der Waals surface area contributed by atoms with E-state index in [2.05, 4.69) is 0 Å². The quantitative estimate of drug-likeness (QED) is 0.284. The van der Waals surface area contributed by atoms with E-state index in [1.807, 2.05) is 25.1 Å². The van der Waals surface area contributed by atoms with Gasteiger partial charge >= 0.3 is 0 Å². The van der Waals surface area contributed by atoms with Gasteiger partial charge in [0.1, 0.15) is 12.4 Å². The van der Waals surface area contributed by atoms with E-state index in [4.69, 9.17) is 32.7 Å². The van der Waals surface area contributed by atoms with Crippen molar-refractivity contribution in [3.63, 3.8) is 0 Å². The third kappa shape index (κ3) is 5.99. The molecule has 0 atom stereocenters.